The molecule has 2 atom stereocenters. The summed E-state index contributed by atoms with van der Waals surface area (Å²) in [4.78, 5) is 0. The maximum atomic E-state index is 6.23. The van der Waals surface area contributed by atoms with Crippen LogP contribution in [0, 0.1) is 5.92 Å². The Morgan fingerprint density at radius 1 is 1.45 bits per heavy atom. The highest BCUT2D eigenvalue weighted by molar-refractivity contribution is 6.32. The summed E-state index contributed by atoms with van der Waals surface area (Å²) in [5.41, 5.74) is 1.15. The van der Waals surface area contributed by atoms with Gasteiger partial charge in [-0.15, -0.1) is 0 Å². The average Bonchev–Trinajstić information content (AvgIpc) is 2.48. The van der Waals surface area contributed by atoms with Crippen LogP contribution >= 0.6 is 11.6 Å². The Balaban J connectivity index is 2.08. The maximum absolute atomic E-state index is 6.23. The molecule has 0 saturated carbocycles. The van der Waals surface area contributed by atoms with Crippen molar-refractivity contribution in [3.8, 4) is 5.75 Å². The van der Waals surface area contributed by atoms with Gasteiger partial charge in [-0.3, -0.25) is 0 Å². The summed E-state index contributed by atoms with van der Waals surface area (Å²) in [5, 5.41) is 4.16. The Morgan fingerprint density at radius 2 is 2.30 bits per heavy atom. The minimum atomic E-state index is 0.136. The number of benzene rings is 1. The van der Waals surface area contributed by atoms with Crippen LogP contribution in [0.5, 0.6) is 5.75 Å². The molecule has 1 aromatic carbocycles. The zero-order valence-corrected chi connectivity index (χ0v) is 13.1. The van der Waals surface area contributed by atoms with Crippen molar-refractivity contribution in [2.45, 2.75) is 32.3 Å². The van der Waals surface area contributed by atoms with E-state index in [1.165, 1.54) is 6.42 Å². The normalized spacial score (nSPS) is 22.8. The lowest BCUT2D eigenvalue weighted by atomic mass is 9.89. The van der Waals surface area contributed by atoms with Gasteiger partial charge in [-0.1, -0.05) is 24.6 Å². The van der Waals surface area contributed by atoms with Crippen LogP contribution in [0.3, 0.4) is 0 Å². The van der Waals surface area contributed by atoms with Crippen molar-refractivity contribution >= 4 is 11.6 Å². The van der Waals surface area contributed by atoms with Crippen molar-refractivity contribution in [3.05, 3.63) is 28.8 Å². The fourth-order valence-corrected chi connectivity index (χ4v) is 3.01. The quantitative estimate of drug-likeness (QED) is 0.810. The van der Waals surface area contributed by atoms with Gasteiger partial charge < -0.3 is 14.8 Å². The van der Waals surface area contributed by atoms with E-state index < -0.39 is 0 Å². The third-order valence-corrected chi connectivity index (χ3v) is 4.08. The third-order valence-electron chi connectivity index (χ3n) is 3.78. The molecule has 20 heavy (non-hydrogen) atoms. The molecule has 1 saturated heterocycles. The first-order valence-electron chi connectivity index (χ1n) is 7.42. The molecule has 1 aromatic rings. The van der Waals surface area contributed by atoms with Crippen molar-refractivity contribution in [1.82, 2.24) is 5.32 Å². The predicted molar refractivity (Wildman–Crippen MR) is 82.6 cm³/mol. The first kappa shape index (κ1) is 15.6. The van der Waals surface area contributed by atoms with E-state index in [9.17, 15) is 0 Å². The van der Waals surface area contributed by atoms with Crippen LogP contribution in [0.2, 0.25) is 5.02 Å². The van der Waals surface area contributed by atoms with Crippen LogP contribution in [0.4, 0.5) is 0 Å². The summed E-state index contributed by atoms with van der Waals surface area (Å²) in [5.74, 6) is 1.23. The van der Waals surface area contributed by atoms with Crippen molar-refractivity contribution in [1.29, 1.82) is 0 Å². The largest absolute Gasteiger partial charge is 0.495 e. The average molecular weight is 298 g/mol. The Bertz CT molecular complexity index is 425. The van der Waals surface area contributed by atoms with Crippen molar-refractivity contribution in [3.63, 3.8) is 0 Å². The summed E-state index contributed by atoms with van der Waals surface area (Å²) in [6, 6.07) is 5.96. The van der Waals surface area contributed by atoms with E-state index >= 15 is 0 Å². The molecular weight excluding hydrogens is 274 g/mol. The first-order chi connectivity index (χ1) is 9.76. The lowest BCUT2D eigenvalue weighted by Gasteiger charge is -2.32. The molecule has 2 unspecified atom stereocenters. The van der Waals surface area contributed by atoms with Crippen LogP contribution in [0.15, 0.2) is 18.2 Å². The van der Waals surface area contributed by atoms with E-state index in [1.807, 2.05) is 12.1 Å². The summed E-state index contributed by atoms with van der Waals surface area (Å²) < 4.78 is 11.2. The number of rotatable bonds is 6. The highest BCUT2D eigenvalue weighted by Crippen LogP contribution is 2.36. The zero-order chi connectivity index (χ0) is 14.4. The lowest BCUT2D eigenvalue weighted by molar-refractivity contribution is -0.0277. The van der Waals surface area contributed by atoms with Crippen LogP contribution in [-0.2, 0) is 4.74 Å². The van der Waals surface area contributed by atoms with Gasteiger partial charge in [0.2, 0.25) is 0 Å². The fraction of sp³-hybridized carbons (Fsp3) is 0.625. The molecule has 0 radical (unpaired) electrons. The highest BCUT2D eigenvalue weighted by atomic mass is 35.5. The van der Waals surface area contributed by atoms with Gasteiger partial charge in [0.25, 0.3) is 0 Å². The SMILES string of the molecule is CCCNCC1CCCOC1c1ccc(OC)c(Cl)c1. The monoisotopic (exact) mass is 297 g/mol. The molecule has 4 heteroatoms. The standard InChI is InChI=1S/C16H24ClNO2/c1-3-8-18-11-13-5-4-9-20-16(13)12-6-7-15(19-2)14(17)10-12/h6-7,10,13,16,18H,3-5,8-9,11H2,1-2H3. The van der Waals surface area contributed by atoms with Crippen LogP contribution < -0.4 is 10.1 Å². The topological polar surface area (TPSA) is 30.5 Å². The first-order valence-corrected chi connectivity index (χ1v) is 7.79. The van der Waals surface area contributed by atoms with Crippen LogP contribution in [-0.4, -0.2) is 26.8 Å². The summed E-state index contributed by atoms with van der Waals surface area (Å²) in [6.45, 7) is 5.08. The molecule has 1 heterocycles. The second-order valence-corrected chi connectivity index (χ2v) is 5.70. The molecule has 0 amide bonds. The molecule has 1 N–H and O–H groups in total. The van der Waals surface area contributed by atoms with Crippen LogP contribution in [0.25, 0.3) is 0 Å². The molecule has 3 nitrogen and oxygen atoms in total. The molecule has 1 fully saturated rings. The summed E-state index contributed by atoms with van der Waals surface area (Å²) in [7, 11) is 1.63. The Morgan fingerprint density at radius 3 is 3.00 bits per heavy atom. The minimum Gasteiger partial charge on any atom is -0.495 e. The predicted octanol–water partition coefficient (Wildman–Crippen LogP) is 3.82. The molecule has 112 valence electrons. The Kier molecular flexibility index (Phi) is 6.14. The maximum Gasteiger partial charge on any atom is 0.137 e. The van der Waals surface area contributed by atoms with Gasteiger partial charge in [0, 0.05) is 19.1 Å². The molecule has 0 bridgehead atoms. The van der Waals surface area contributed by atoms with E-state index in [0.29, 0.717) is 16.7 Å². The lowest BCUT2D eigenvalue weighted by Crippen LogP contribution is -2.32. The van der Waals surface area contributed by atoms with E-state index in [-0.39, 0.29) is 6.10 Å². The van der Waals surface area contributed by atoms with E-state index in [1.54, 1.807) is 7.11 Å². The van der Waals surface area contributed by atoms with Gasteiger partial charge in [-0.05, 0) is 43.5 Å². The van der Waals surface area contributed by atoms with Crippen molar-refractivity contribution in [2.24, 2.45) is 5.92 Å². The van der Waals surface area contributed by atoms with Gasteiger partial charge in [-0.25, -0.2) is 0 Å². The van der Waals surface area contributed by atoms with E-state index in [2.05, 4.69) is 18.3 Å². The molecule has 0 aliphatic carbocycles. The summed E-state index contributed by atoms with van der Waals surface area (Å²) >= 11 is 6.23. The number of ether oxygens (including phenoxy) is 2. The number of nitrogens with one attached hydrogen (secondary N) is 1. The molecule has 1 aliphatic rings. The van der Waals surface area contributed by atoms with Crippen molar-refractivity contribution in [2.75, 3.05) is 26.8 Å². The molecular formula is C16H24ClNO2. The Hall–Kier alpha value is -0.770. The van der Waals surface area contributed by atoms with E-state index in [4.69, 9.17) is 21.1 Å². The highest BCUT2D eigenvalue weighted by Gasteiger charge is 2.27. The Labute approximate surface area is 126 Å². The van der Waals surface area contributed by atoms with Gasteiger partial charge in [0.05, 0.1) is 18.2 Å². The smallest absolute Gasteiger partial charge is 0.137 e. The van der Waals surface area contributed by atoms with Crippen molar-refractivity contribution < 1.29 is 9.47 Å². The number of hydrogen-bond acceptors (Lipinski definition) is 3. The third kappa shape index (κ3) is 3.87. The molecule has 2 rings (SSSR count). The van der Waals surface area contributed by atoms with Gasteiger partial charge in [-0.2, -0.15) is 0 Å². The number of halogens is 1. The van der Waals surface area contributed by atoms with Gasteiger partial charge in [0.1, 0.15) is 5.75 Å². The second kappa shape index (κ2) is 7.87. The molecule has 0 aromatic heterocycles. The number of hydrogen-bond donors (Lipinski definition) is 1. The van der Waals surface area contributed by atoms with Crippen LogP contribution in [0.1, 0.15) is 37.9 Å². The summed E-state index contributed by atoms with van der Waals surface area (Å²) in [6.07, 6.45) is 3.63. The van der Waals surface area contributed by atoms with E-state index in [0.717, 1.165) is 38.1 Å². The number of methoxy groups -OCH3 is 1. The fourth-order valence-electron chi connectivity index (χ4n) is 2.74. The second-order valence-electron chi connectivity index (χ2n) is 5.29. The van der Waals surface area contributed by atoms with Gasteiger partial charge >= 0.3 is 0 Å². The van der Waals surface area contributed by atoms with Gasteiger partial charge in [0.15, 0.2) is 0 Å². The minimum absolute atomic E-state index is 0.136. The molecule has 0 spiro atoms. The molecule has 1 aliphatic heterocycles. The zero-order valence-electron chi connectivity index (χ0n) is 12.3.